The molecule has 23 heavy (non-hydrogen) atoms. The minimum Gasteiger partial charge on any atom is -0.383 e. The number of nitrogens with zero attached hydrogens (tertiary/aromatic N) is 1. The summed E-state index contributed by atoms with van der Waals surface area (Å²) < 4.78 is 10.3. The number of hydrogen-bond acceptors (Lipinski definition) is 5. The molecule has 0 saturated carbocycles. The van der Waals surface area contributed by atoms with Gasteiger partial charge >= 0.3 is 0 Å². The highest BCUT2D eigenvalue weighted by Gasteiger charge is 2.15. The van der Waals surface area contributed by atoms with Gasteiger partial charge < -0.3 is 14.6 Å². The number of methoxy groups -OCH3 is 1. The topological polar surface area (TPSA) is 64.4 Å². The number of amides is 1. The van der Waals surface area contributed by atoms with Crippen molar-refractivity contribution >= 4 is 17.7 Å². The van der Waals surface area contributed by atoms with E-state index in [4.69, 9.17) is 9.26 Å². The average molecular weight is 334 g/mol. The highest BCUT2D eigenvalue weighted by molar-refractivity contribution is 7.98. The van der Waals surface area contributed by atoms with Gasteiger partial charge in [0.25, 0.3) is 5.91 Å². The summed E-state index contributed by atoms with van der Waals surface area (Å²) in [6.45, 7) is 4.42. The van der Waals surface area contributed by atoms with Crippen LogP contribution in [0.1, 0.15) is 35.2 Å². The highest BCUT2D eigenvalue weighted by Crippen LogP contribution is 2.26. The van der Waals surface area contributed by atoms with E-state index < -0.39 is 0 Å². The van der Waals surface area contributed by atoms with Gasteiger partial charge in [0.15, 0.2) is 0 Å². The lowest BCUT2D eigenvalue weighted by atomic mass is 10.2. The number of carbonyl (C=O) groups is 1. The van der Waals surface area contributed by atoms with Gasteiger partial charge in [-0.2, -0.15) is 0 Å². The van der Waals surface area contributed by atoms with Gasteiger partial charge in [-0.15, -0.1) is 11.8 Å². The second-order valence-electron chi connectivity index (χ2n) is 5.25. The smallest absolute Gasteiger partial charge is 0.252 e. The summed E-state index contributed by atoms with van der Waals surface area (Å²) in [5.41, 5.74) is 1.53. The minimum atomic E-state index is -0.0780. The Hall–Kier alpha value is -1.79. The van der Waals surface area contributed by atoms with E-state index in [0.29, 0.717) is 17.9 Å². The standard InChI is InChI=1S/C17H22N2O3S/c1-4-13(10-21-3)18-17(20)15-7-5-6-8-16(15)23-11-14-9-12(2)19-22-14/h5-9,13H,4,10-11H2,1-3H3,(H,18,20). The summed E-state index contributed by atoms with van der Waals surface area (Å²) in [6, 6.07) is 9.50. The van der Waals surface area contributed by atoms with Gasteiger partial charge in [0, 0.05) is 18.1 Å². The second-order valence-corrected chi connectivity index (χ2v) is 6.27. The first kappa shape index (κ1) is 17.6. The fraction of sp³-hybridized carbons (Fsp3) is 0.412. The molecule has 5 nitrogen and oxygen atoms in total. The Bertz CT molecular complexity index is 642. The number of carbonyl (C=O) groups excluding carboxylic acids is 1. The molecule has 1 aromatic carbocycles. The van der Waals surface area contributed by atoms with E-state index in [-0.39, 0.29) is 11.9 Å². The van der Waals surface area contributed by atoms with Crippen molar-refractivity contribution < 1.29 is 14.1 Å². The molecule has 0 fully saturated rings. The summed E-state index contributed by atoms with van der Waals surface area (Å²) in [5.74, 6) is 1.36. The lowest BCUT2D eigenvalue weighted by Gasteiger charge is -2.17. The summed E-state index contributed by atoms with van der Waals surface area (Å²) in [4.78, 5) is 13.4. The van der Waals surface area contributed by atoms with Crippen LogP contribution in [0.15, 0.2) is 39.8 Å². The van der Waals surface area contributed by atoms with Crippen LogP contribution < -0.4 is 5.32 Å². The van der Waals surface area contributed by atoms with Gasteiger partial charge in [0.2, 0.25) is 0 Å². The van der Waals surface area contributed by atoms with Crippen molar-refractivity contribution in [1.29, 1.82) is 0 Å². The Kier molecular flexibility index (Phi) is 6.67. The van der Waals surface area contributed by atoms with Gasteiger partial charge in [-0.1, -0.05) is 24.2 Å². The minimum absolute atomic E-state index is 0.0162. The maximum absolute atomic E-state index is 12.5. The van der Waals surface area contributed by atoms with Crippen molar-refractivity contribution in [3.05, 3.63) is 47.3 Å². The lowest BCUT2D eigenvalue weighted by molar-refractivity contribution is 0.0891. The number of benzene rings is 1. The molecule has 1 unspecified atom stereocenters. The van der Waals surface area contributed by atoms with Crippen LogP contribution in [-0.4, -0.2) is 30.8 Å². The van der Waals surface area contributed by atoms with Crippen LogP contribution in [-0.2, 0) is 10.5 Å². The molecule has 0 aliphatic rings. The zero-order valence-corrected chi connectivity index (χ0v) is 14.5. The molecule has 0 aliphatic carbocycles. The molecule has 0 radical (unpaired) electrons. The van der Waals surface area contributed by atoms with Crippen LogP contribution in [0.4, 0.5) is 0 Å². The first-order valence-corrected chi connectivity index (χ1v) is 8.56. The predicted octanol–water partition coefficient (Wildman–Crippen LogP) is 3.43. The third-order valence-corrected chi connectivity index (χ3v) is 4.47. The third kappa shape index (κ3) is 5.11. The van der Waals surface area contributed by atoms with E-state index in [9.17, 15) is 4.79 Å². The first-order chi connectivity index (χ1) is 11.1. The van der Waals surface area contributed by atoms with Crippen LogP contribution in [0.3, 0.4) is 0 Å². The first-order valence-electron chi connectivity index (χ1n) is 7.57. The molecule has 2 aromatic rings. The van der Waals surface area contributed by atoms with Crippen LogP contribution in [0.5, 0.6) is 0 Å². The van der Waals surface area contributed by atoms with E-state index in [2.05, 4.69) is 10.5 Å². The Balaban J connectivity index is 2.05. The van der Waals surface area contributed by atoms with Gasteiger partial charge in [-0.05, 0) is 25.5 Å². The molecule has 1 N–H and O–H groups in total. The van der Waals surface area contributed by atoms with Crippen molar-refractivity contribution in [3.8, 4) is 0 Å². The Morgan fingerprint density at radius 1 is 1.43 bits per heavy atom. The zero-order chi connectivity index (χ0) is 16.7. The summed E-state index contributed by atoms with van der Waals surface area (Å²) in [6.07, 6.45) is 0.826. The maximum atomic E-state index is 12.5. The normalized spacial score (nSPS) is 12.1. The number of aryl methyl sites for hydroxylation is 1. The number of thioether (sulfide) groups is 1. The Labute approximate surface area is 140 Å². The predicted molar refractivity (Wildman–Crippen MR) is 90.7 cm³/mol. The summed E-state index contributed by atoms with van der Waals surface area (Å²) >= 11 is 1.56. The number of rotatable bonds is 8. The van der Waals surface area contributed by atoms with E-state index >= 15 is 0 Å². The summed E-state index contributed by atoms with van der Waals surface area (Å²) in [5, 5.41) is 6.89. The fourth-order valence-electron chi connectivity index (χ4n) is 2.14. The molecule has 0 spiro atoms. The van der Waals surface area contributed by atoms with Crippen molar-refractivity contribution in [2.45, 2.75) is 37.0 Å². The van der Waals surface area contributed by atoms with E-state index in [1.165, 1.54) is 0 Å². The zero-order valence-electron chi connectivity index (χ0n) is 13.7. The molecular weight excluding hydrogens is 312 g/mol. The van der Waals surface area contributed by atoms with Gasteiger partial charge in [-0.25, -0.2) is 0 Å². The average Bonchev–Trinajstić information content (AvgIpc) is 2.98. The molecule has 0 saturated heterocycles. The SMILES string of the molecule is CCC(COC)NC(=O)c1ccccc1SCc1cc(C)no1. The second kappa shape index (κ2) is 8.74. The molecule has 1 aromatic heterocycles. The van der Waals surface area contributed by atoms with Gasteiger partial charge in [0.1, 0.15) is 5.76 Å². The van der Waals surface area contributed by atoms with Crippen molar-refractivity contribution in [2.75, 3.05) is 13.7 Å². The maximum Gasteiger partial charge on any atom is 0.252 e. The van der Waals surface area contributed by atoms with Crippen LogP contribution >= 0.6 is 11.8 Å². The molecule has 1 heterocycles. The molecule has 0 aliphatic heterocycles. The van der Waals surface area contributed by atoms with Crippen molar-refractivity contribution in [2.24, 2.45) is 0 Å². The molecule has 1 amide bonds. The van der Waals surface area contributed by atoms with Crippen molar-refractivity contribution in [3.63, 3.8) is 0 Å². The third-order valence-electron chi connectivity index (χ3n) is 3.37. The largest absolute Gasteiger partial charge is 0.383 e. The number of hydrogen-bond donors (Lipinski definition) is 1. The fourth-order valence-corrected chi connectivity index (χ4v) is 3.06. The molecule has 124 valence electrons. The van der Waals surface area contributed by atoms with Crippen molar-refractivity contribution in [1.82, 2.24) is 10.5 Å². The number of nitrogens with one attached hydrogen (secondary N) is 1. The molecule has 1 atom stereocenters. The van der Waals surface area contributed by atoms with Crippen LogP contribution in [0, 0.1) is 6.92 Å². The molecule has 6 heteroatoms. The monoisotopic (exact) mass is 334 g/mol. The van der Waals surface area contributed by atoms with Gasteiger partial charge in [0.05, 0.1) is 29.7 Å². The quantitative estimate of drug-likeness (QED) is 0.749. The molecule has 2 rings (SSSR count). The highest BCUT2D eigenvalue weighted by atomic mass is 32.2. The van der Waals surface area contributed by atoms with Crippen LogP contribution in [0.25, 0.3) is 0 Å². The van der Waals surface area contributed by atoms with E-state index in [0.717, 1.165) is 22.8 Å². The Morgan fingerprint density at radius 3 is 2.87 bits per heavy atom. The van der Waals surface area contributed by atoms with Gasteiger partial charge in [-0.3, -0.25) is 4.79 Å². The number of ether oxygens (including phenoxy) is 1. The summed E-state index contributed by atoms with van der Waals surface area (Å²) in [7, 11) is 1.64. The Morgan fingerprint density at radius 2 is 2.22 bits per heavy atom. The lowest BCUT2D eigenvalue weighted by Crippen LogP contribution is -2.37. The van der Waals surface area contributed by atoms with E-state index in [1.54, 1.807) is 18.9 Å². The van der Waals surface area contributed by atoms with E-state index in [1.807, 2.05) is 44.2 Å². The van der Waals surface area contributed by atoms with Crippen LogP contribution in [0.2, 0.25) is 0 Å². The molecule has 0 bridgehead atoms. The number of aromatic nitrogens is 1. The molecular formula is C17H22N2O3S.